The molecule has 0 fully saturated rings. The van der Waals surface area contributed by atoms with E-state index in [1.165, 1.54) is 0 Å². The third kappa shape index (κ3) is 2.67. The third-order valence-electron chi connectivity index (χ3n) is 3.31. The molecule has 0 aliphatic carbocycles. The largest absolute Gasteiger partial charge is 0.477 e. The number of aromatic nitrogens is 1. The van der Waals surface area contributed by atoms with Crippen LogP contribution in [-0.2, 0) is 0 Å². The lowest BCUT2D eigenvalue weighted by molar-refractivity contribution is 0.0139. The van der Waals surface area contributed by atoms with E-state index in [0.717, 1.165) is 0 Å². The first-order chi connectivity index (χ1) is 9.56. The van der Waals surface area contributed by atoms with Crippen LogP contribution in [0.4, 0.5) is 0 Å². The fraction of sp³-hybridized carbons (Fsp3) is 0.357. The molecule has 0 saturated carbocycles. The summed E-state index contributed by atoms with van der Waals surface area (Å²) in [6.45, 7) is 0.531. The molecule has 1 aromatic heterocycles. The lowest BCUT2D eigenvalue weighted by Crippen LogP contribution is -2.24. The minimum Gasteiger partial charge on any atom is -0.477 e. The smallest absolute Gasteiger partial charge is 0.352 e. The zero-order chi connectivity index (χ0) is 14.7. The Balaban J connectivity index is 2.45. The highest BCUT2D eigenvalue weighted by Crippen LogP contribution is 2.30. The van der Waals surface area contributed by atoms with Gasteiger partial charge in [-0.1, -0.05) is 18.2 Å². The predicted molar refractivity (Wildman–Crippen MR) is 74.8 cm³/mol. The number of carboxylic acids is 1. The Morgan fingerprint density at radius 3 is 2.70 bits per heavy atom. The number of rotatable bonds is 6. The topological polar surface area (TPSA) is 106 Å². The number of benzene rings is 1. The van der Waals surface area contributed by atoms with Crippen molar-refractivity contribution in [3.63, 3.8) is 0 Å². The molecule has 2 aromatic rings. The Morgan fingerprint density at radius 2 is 2.05 bits per heavy atom. The van der Waals surface area contributed by atoms with Crippen LogP contribution in [0.25, 0.3) is 10.9 Å². The summed E-state index contributed by atoms with van der Waals surface area (Å²) in [6.07, 6.45) is -1.94. The number of hydrogen-bond acceptors (Lipinski definition) is 4. The van der Waals surface area contributed by atoms with Gasteiger partial charge in [0.2, 0.25) is 0 Å². The Kier molecular flexibility index (Phi) is 4.39. The van der Waals surface area contributed by atoms with Crippen molar-refractivity contribution in [1.29, 1.82) is 0 Å². The van der Waals surface area contributed by atoms with Gasteiger partial charge in [0.15, 0.2) is 0 Å². The number of aromatic amines is 1. The first-order valence-corrected chi connectivity index (χ1v) is 6.41. The highest BCUT2D eigenvalue weighted by Gasteiger charge is 2.27. The van der Waals surface area contributed by atoms with Crippen LogP contribution in [-0.4, -0.2) is 46.0 Å². The van der Waals surface area contributed by atoms with Gasteiger partial charge in [-0.25, -0.2) is 4.79 Å². The Hall–Kier alpha value is -1.89. The molecule has 6 nitrogen and oxygen atoms in total. The maximum atomic E-state index is 11.3. The zero-order valence-electron chi connectivity index (χ0n) is 11.1. The summed E-state index contributed by atoms with van der Waals surface area (Å²) in [5.41, 5.74) is 0.777. The van der Waals surface area contributed by atoms with Crippen molar-refractivity contribution < 1.29 is 20.1 Å². The molecule has 108 valence electrons. The highest BCUT2D eigenvalue weighted by molar-refractivity contribution is 5.97. The molecule has 0 amide bonds. The second-order valence-corrected chi connectivity index (χ2v) is 4.67. The van der Waals surface area contributed by atoms with Crippen LogP contribution in [0.1, 0.15) is 28.6 Å². The number of carboxylic acid groups (broad SMARTS) is 1. The standard InChI is InChI=1S/C14H18N2O4/c1-15-7-6-10(17)13(18)11-8-4-2-3-5-9(8)16-12(11)14(19)20/h2-5,10,13,15-18H,6-7H2,1H3,(H,19,20). The van der Waals surface area contributed by atoms with E-state index in [-0.39, 0.29) is 11.3 Å². The van der Waals surface area contributed by atoms with E-state index in [9.17, 15) is 20.1 Å². The quantitative estimate of drug-likeness (QED) is 0.539. The zero-order valence-corrected chi connectivity index (χ0v) is 11.1. The summed E-state index contributed by atoms with van der Waals surface area (Å²) < 4.78 is 0. The van der Waals surface area contributed by atoms with Crippen LogP contribution in [0.15, 0.2) is 24.3 Å². The van der Waals surface area contributed by atoms with E-state index in [1.54, 1.807) is 31.3 Å². The van der Waals surface area contributed by atoms with Gasteiger partial charge in [-0.2, -0.15) is 0 Å². The molecule has 1 aromatic carbocycles. The van der Waals surface area contributed by atoms with Crippen LogP contribution < -0.4 is 5.32 Å². The molecule has 2 rings (SSSR count). The first kappa shape index (κ1) is 14.5. The van der Waals surface area contributed by atoms with Gasteiger partial charge in [-0.15, -0.1) is 0 Å². The minimum atomic E-state index is -1.24. The van der Waals surface area contributed by atoms with E-state index >= 15 is 0 Å². The average molecular weight is 278 g/mol. The Labute approximate surface area is 116 Å². The highest BCUT2D eigenvalue weighted by atomic mass is 16.4. The molecule has 0 saturated heterocycles. The molecule has 2 atom stereocenters. The summed E-state index contributed by atoms with van der Waals surface area (Å²) in [4.78, 5) is 14.1. The van der Waals surface area contributed by atoms with Crippen molar-refractivity contribution >= 4 is 16.9 Å². The molecule has 0 spiro atoms. The van der Waals surface area contributed by atoms with Crippen molar-refractivity contribution in [1.82, 2.24) is 10.3 Å². The van der Waals surface area contributed by atoms with E-state index in [2.05, 4.69) is 10.3 Å². The van der Waals surface area contributed by atoms with Crippen molar-refractivity contribution in [2.45, 2.75) is 18.6 Å². The van der Waals surface area contributed by atoms with Gasteiger partial charge >= 0.3 is 5.97 Å². The molecule has 0 aliphatic heterocycles. The summed E-state index contributed by atoms with van der Waals surface area (Å²) in [6, 6.07) is 7.00. The number of aliphatic hydroxyl groups excluding tert-OH is 2. The summed E-state index contributed by atoms with van der Waals surface area (Å²) in [5, 5.41) is 33.0. The summed E-state index contributed by atoms with van der Waals surface area (Å²) in [5.74, 6) is -1.16. The lowest BCUT2D eigenvalue weighted by Gasteiger charge is -2.18. The van der Waals surface area contributed by atoms with Gasteiger partial charge < -0.3 is 25.6 Å². The van der Waals surface area contributed by atoms with Crippen molar-refractivity contribution in [3.8, 4) is 0 Å². The van der Waals surface area contributed by atoms with Gasteiger partial charge in [0.25, 0.3) is 0 Å². The van der Waals surface area contributed by atoms with Gasteiger partial charge in [0.05, 0.1) is 6.10 Å². The monoisotopic (exact) mass is 278 g/mol. The maximum Gasteiger partial charge on any atom is 0.352 e. The van der Waals surface area contributed by atoms with Crippen molar-refractivity contribution in [3.05, 3.63) is 35.5 Å². The molecule has 1 heterocycles. The van der Waals surface area contributed by atoms with Gasteiger partial charge in [-0.05, 0) is 26.1 Å². The van der Waals surface area contributed by atoms with Crippen LogP contribution in [0.5, 0.6) is 0 Å². The molecule has 6 heteroatoms. The number of aromatic carboxylic acids is 1. The van der Waals surface area contributed by atoms with Crippen LogP contribution >= 0.6 is 0 Å². The number of fused-ring (bicyclic) bond motifs is 1. The maximum absolute atomic E-state index is 11.3. The van der Waals surface area contributed by atoms with E-state index in [1.807, 2.05) is 0 Å². The van der Waals surface area contributed by atoms with Gasteiger partial charge in [0, 0.05) is 16.5 Å². The Bertz CT molecular complexity index is 608. The molecule has 0 bridgehead atoms. The normalized spacial score (nSPS) is 14.3. The lowest BCUT2D eigenvalue weighted by atomic mass is 9.98. The second kappa shape index (κ2) is 6.04. The third-order valence-corrected chi connectivity index (χ3v) is 3.31. The average Bonchev–Trinajstić information content (AvgIpc) is 2.83. The number of carbonyl (C=O) groups is 1. The van der Waals surface area contributed by atoms with Gasteiger partial charge in [0.1, 0.15) is 11.8 Å². The van der Waals surface area contributed by atoms with Crippen LogP contribution in [0, 0.1) is 0 Å². The number of hydrogen-bond donors (Lipinski definition) is 5. The van der Waals surface area contributed by atoms with Crippen LogP contribution in [0.3, 0.4) is 0 Å². The van der Waals surface area contributed by atoms with E-state index in [0.29, 0.717) is 23.9 Å². The molecular weight excluding hydrogens is 260 g/mol. The van der Waals surface area contributed by atoms with E-state index < -0.39 is 18.2 Å². The molecule has 0 radical (unpaired) electrons. The molecule has 5 N–H and O–H groups in total. The van der Waals surface area contributed by atoms with E-state index in [4.69, 9.17) is 0 Å². The molecular formula is C14H18N2O4. The molecule has 2 unspecified atom stereocenters. The summed E-state index contributed by atoms with van der Waals surface area (Å²) in [7, 11) is 1.74. The SMILES string of the molecule is CNCCC(O)C(O)c1c(C(=O)O)[nH]c2ccccc12. The fourth-order valence-corrected chi connectivity index (χ4v) is 2.28. The van der Waals surface area contributed by atoms with Crippen LogP contribution in [0.2, 0.25) is 0 Å². The number of aliphatic hydroxyl groups is 2. The minimum absolute atomic E-state index is 0.0813. The predicted octanol–water partition coefficient (Wildman–Crippen LogP) is 0.870. The molecule has 20 heavy (non-hydrogen) atoms. The van der Waals surface area contributed by atoms with Gasteiger partial charge in [-0.3, -0.25) is 0 Å². The summed E-state index contributed by atoms with van der Waals surface area (Å²) >= 11 is 0. The number of nitrogens with one attached hydrogen (secondary N) is 2. The molecule has 0 aliphatic rings. The number of para-hydroxylation sites is 1. The van der Waals surface area contributed by atoms with Crippen molar-refractivity contribution in [2.75, 3.05) is 13.6 Å². The second-order valence-electron chi connectivity index (χ2n) is 4.67. The fourth-order valence-electron chi connectivity index (χ4n) is 2.28. The first-order valence-electron chi connectivity index (χ1n) is 6.41. The Morgan fingerprint density at radius 1 is 1.35 bits per heavy atom. The number of H-pyrrole nitrogens is 1. The van der Waals surface area contributed by atoms with Crippen molar-refractivity contribution in [2.24, 2.45) is 0 Å².